The highest BCUT2D eigenvalue weighted by molar-refractivity contribution is 6.32. The van der Waals surface area contributed by atoms with Gasteiger partial charge >= 0.3 is 6.03 Å². The number of nitrogens with one attached hydrogen (secondary N) is 2. The van der Waals surface area contributed by atoms with Crippen LogP contribution >= 0.6 is 23.2 Å². The first-order valence-electron chi connectivity index (χ1n) is 7.28. The molecule has 122 valence electrons. The maximum atomic E-state index is 11.7. The number of halogens is 2. The summed E-state index contributed by atoms with van der Waals surface area (Å²) in [6, 6.07) is 14.4. The molecular weight excluding hydrogens is 335 g/mol. The average Bonchev–Trinajstić information content (AvgIpc) is 2.55. The van der Waals surface area contributed by atoms with Gasteiger partial charge in [0.15, 0.2) is 0 Å². The second kappa shape index (κ2) is 9.28. The molecule has 0 saturated heterocycles. The van der Waals surface area contributed by atoms with Crippen molar-refractivity contribution < 1.29 is 9.53 Å². The van der Waals surface area contributed by atoms with Gasteiger partial charge in [0.05, 0.1) is 11.6 Å². The maximum absolute atomic E-state index is 11.7. The van der Waals surface area contributed by atoms with Gasteiger partial charge in [-0.1, -0.05) is 47.5 Å². The van der Waals surface area contributed by atoms with Crippen LogP contribution in [-0.4, -0.2) is 19.2 Å². The molecule has 0 fully saturated rings. The van der Waals surface area contributed by atoms with Gasteiger partial charge in [-0.2, -0.15) is 0 Å². The number of rotatable bonds is 7. The minimum absolute atomic E-state index is 0.210. The number of hydrogen-bond acceptors (Lipinski definition) is 2. The standard InChI is InChI=1S/C17H18Cl2N2O2/c18-14-8-6-13(7-9-14)12-21-17(22)20-10-3-11-23-16-5-2-1-4-15(16)19/h1-2,4-9H,3,10-12H2,(H2,20,21,22). The molecule has 2 N–H and O–H groups in total. The fourth-order valence-electron chi connectivity index (χ4n) is 1.87. The zero-order valence-corrected chi connectivity index (χ0v) is 14.0. The molecule has 0 aliphatic heterocycles. The molecule has 4 nitrogen and oxygen atoms in total. The van der Waals surface area contributed by atoms with Gasteiger partial charge in [-0.3, -0.25) is 0 Å². The first-order valence-corrected chi connectivity index (χ1v) is 8.04. The molecule has 0 bridgehead atoms. The van der Waals surface area contributed by atoms with Crippen molar-refractivity contribution in [3.05, 3.63) is 64.1 Å². The fraction of sp³-hybridized carbons (Fsp3) is 0.235. The molecule has 2 rings (SSSR count). The molecule has 0 aliphatic carbocycles. The Morgan fingerprint density at radius 1 is 1.00 bits per heavy atom. The van der Waals surface area contributed by atoms with Gasteiger partial charge in [-0.05, 0) is 36.2 Å². The summed E-state index contributed by atoms with van der Waals surface area (Å²) in [6.07, 6.45) is 0.694. The monoisotopic (exact) mass is 352 g/mol. The van der Waals surface area contributed by atoms with Crippen molar-refractivity contribution in [2.45, 2.75) is 13.0 Å². The van der Waals surface area contributed by atoms with E-state index in [2.05, 4.69) is 10.6 Å². The quantitative estimate of drug-likeness (QED) is 0.731. The highest BCUT2D eigenvalue weighted by Crippen LogP contribution is 2.22. The van der Waals surface area contributed by atoms with Crippen molar-refractivity contribution in [1.82, 2.24) is 10.6 Å². The maximum Gasteiger partial charge on any atom is 0.315 e. The molecule has 0 spiro atoms. The minimum atomic E-state index is -0.210. The summed E-state index contributed by atoms with van der Waals surface area (Å²) >= 11 is 11.8. The number of urea groups is 1. The van der Waals surface area contributed by atoms with Gasteiger partial charge in [-0.15, -0.1) is 0 Å². The van der Waals surface area contributed by atoms with Crippen LogP contribution in [0.5, 0.6) is 5.75 Å². The highest BCUT2D eigenvalue weighted by Gasteiger charge is 2.02. The van der Waals surface area contributed by atoms with E-state index in [1.165, 1.54) is 0 Å². The SMILES string of the molecule is O=C(NCCCOc1ccccc1Cl)NCc1ccc(Cl)cc1. The molecule has 2 aromatic rings. The summed E-state index contributed by atoms with van der Waals surface area (Å²) < 4.78 is 5.54. The molecular formula is C17H18Cl2N2O2. The molecule has 2 aromatic carbocycles. The van der Waals surface area contributed by atoms with Crippen LogP contribution in [0, 0.1) is 0 Å². The van der Waals surface area contributed by atoms with Crippen molar-refractivity contribution >= 4 is 29.2 Å². The number of ether oxygens (including phenoxy) is 1. The molecule has 0 unspecified atom stereocenters. The predicted molar refractivity (Wildman–Crippen MR) is 93.3 cm³/mol. The van der Waals surface area contributed by atoms with Crippen LogP contribution in [0.2, 0.25) is 10.0 Å². The molecule has 0 radical (unpaired) electrons. The Kier molecular flexibility index (Phi) is 7.04. The first kappa shape index (κ1) is 17.4. The van der Waals surface area contributed by atoms with Crippen LogP contribution in [0.3, 0.4) is 0 Å². The van der Waals surface area contributed by atoms with Crippen molar-refractivity contribution in [3.8, 4) is 5.75 Å². The molecule has 0 heterocycles. The topological polar surface area (TPSA) is 50.4 Å². The lowest BCUT2D eigenvalue weighted by Crippen LogP contribution is -2.35. The van der Waals surface area contributed by atoms with E-state index in [9.17, 15) is 4.79 Å². The fourth-order valence-corrected chi connectivity index (χ4v) is 2.18. The van der Waals surface area contributed by atoms with Gasteiger partial charge in [0.25, 0.3) is 0 Å². The Morgan fingerprint density at radius 3 is 2.48 bits per heavy atom. The average molecular weight is 353 g/mol. The highest BCUT2D eigenvalue weighted by atomic mass is 35.5. The predicted octanol–water partition coefficient (Wildman–Crippen LogP) is 4.26. The zero-order chi connectivity index (χ0) is 16.5. The molecule has 0 atom stereocenters. The zero-order valence-electron chi connectivity index (χ0n) is 12.5. The third-order valence-corrected chi connectivity index (χ3v) is 3.63. The third kappa shape index (κ3) is 6.38. The number of para-hydroxylation sites is 1. The molecule has 0 saturated carbocycles. The lowest BCUT2D eigenvalue weighted by atomic mass is 10.2. The van der Waals surface area contributed by atoms with Crippen LogP contribution < -0.4 is 15.4 Å². The van der Waals surface area contributed by atoms with Crippen LogP contribution in [-0.2, 0) is 6.54 Å². The first-order chi connectivity index (χ1) is 11.1. The number of benzene rings is 2. The molecule has 0 aliphatic rings. The number of carbonyl (C=O) groups is 1. The summed E-state index contributed by atoms with van der Waals surface area (Å²) in [7, 11) is 0. The van der Waals surface area contributed by atoms with Crippen molar-refractivity contribution in [3.63, 3.8) is 0 Å². The van der Waals surface area contributed by atoms with Crippen LogP contribution in [0.1, 0.15) is 12.0 Å². The lowest BCUT2D eigenvalue weighted by Gasteiger charge is -2.09. The van der Waals surface area contributed by atoms with E-state index in [1.807, 2.05) is 30.3 Å². The Bertz CT molecular complexity index is 633. The van der Waals surface area contributed by atoms with E-state index < -0.39 is 0 Å². The van der Waals surface area contributed by atoms with Crippen LogP contribution in [0.15, 0.2) is 48.5 Å². The number of hydrogen-bond donors (Lipinski definition) is 2. The van der Waals surface area contributed by atoms with Gasteiger partial charge < -0.3 is 15.4 Å². The summed E-state index contributed by atoms with van der Waals surface area (Å²) in [4.78, 5) is 11.7. The van der Waals surface area contributed by atoms with E-state index in [0.717, 1.165) is 5.56 Å². The molecule has 6 heteroatoms. The minimum Gasteiger partial charge on any atom is -0.492 e. The van der Waals surface area contributed by atoms with Crippen LogP contribution in [0.4, 0.5) is 4.79 Å². The largest absolute Gasteiger partial charge is 0.492 e. The lowest BCUT2D eigenvalue weighted by molar-refractivity contribution is 0.238. The van der Waals surface area contributed by atoms with Crippen molar-refractivity contribution in [2.24, 2.45) is 0 Å². The van der Waals surface area contributed by atoms with E-state index in [-0.39, 0.29) is 6.03 Å². The van der Waals surface area contributed by atoms with E-state index in [0.29, 0.717) is 41.9 Å². The Balaban J connectivity index is 1.58. The van der Waals surface area contributed by atoms with Gasteiger partial charge in [0.2, 0.25) is 0 Å². The van der Waals surface area contributed by atoms with Gasteiger partial charge in [0, 0.05) is 18.1 Å². The molecule has 23 heavy (non-hydrogen) atoms. The summed E-state index contributed by atoms with van der Waals surface area (Å²) in [5.41, 5.74) is 0.992. The Morgan fingerprint density at radius 2 is 1.74 bits per heavy atom. The normalized spacial score (nSPS) is 10.2. The Labute approximate surface area is 145 Å². The van der Waals surface area contributed by atoms with Gasteiger partial charge in [-0.25, -0.2) is 4.79 Å². The number of amides is 2. The van der Waals surface area contributed by atoms with E-state index in [1.54, 1.807) is 18.2 Å². The van der Waals surface area contributed by atoms with E-state index >= 15 is 0 Å². The van der Waals surface area contributed by atoms with E-state index in [4.69, 9.17) is 27.9 Å². The van der Waals surface area contributed by atoms with Crippen molar-refractivity contribution in [1.29, 1.82) is 0 Å². The van der Waals surface area contributed by atoms with Crippen molar-refractivity contribution in [2.75, 3.05) is 13.2 Å². The van der Waals surface area contributed by atoms with Gasteiger partial charge in [0.1, 0.15) is 5.75 Å². The second-order valence-electron chi connectivity index (χ2n) is 4.87. The third-order valence-electron chi connectivity index (χ3n) is 3.07. The molecule has 2 amide bonds. The summed E-state index contributed by atoms with van der Waals surface area (Å²) in [6.45, 7) is 1.47. The smallest absolute Gasteiger partial charge is 0.315 e. The Hall–Kier alpha value is -1.91. The van der Waals surface area contributed by atoms with Crippen LogP contribution in [0.25, 0.3) is 0 Å². The summed E-state index contributed by atoms with van der Waals surface area (Å²) in [5, 5.41) is 6.82. The second-order valence-corrected chi connectivity index (χ2v) is 5.71. The summed E-state index contributed by atoms with van der Waals surface area (Å²) in [5.74, 6) is 0.654. The molecule has 0 aromatic heterocycles. The number of carbonyl (C=O) groups excluding carboxylic acids is 1.